The highest BCUT2D eigenvalue weighted by Crippen LogP contribution is 2.53. The average Bonchev–Trinajstić information content (AvgIpc) is 3.10. The molecule has 3 aliphatic rings. The van der Waals surface area contributed by atoms with Gasteiger partial charge in [-0.05, 0) is 67.4 Å². The molecule has 2 aromatic rings. The van der Waals surface area contributed by atoms with Crippen LogP contribution in [0.4, 0.5) is 0 Å². The van der Waals surface area contributed by atoms with Gasteiger partial charge in [-0.25, -0.2) is 0 Å². The van der Waals surface area contributed by atoms with Crippen molar-refractivity contribution in [1.82, 2.24) is 4.98 Å². The average molecular weight is 413 g/mol. The summed E-state index contributed by atoms with van der Waals surface area (Å²) >= 11 is 0. The zero-order valence-electron chi connectivity index (χ0n) is 17.9. The molecule has 2 heterocycles. The van der Waals surface area contributed by atoms with Gasteiger partial charge in [-0.3, -0.25) is 9.78 Å². The van der Waals surface area contributed by atoms with Crippen molar-refractivity contribution < 1.29 is 9.53 Å². The summed E-state index contributed by atoms with van der Waals surface area (Å²) in [7, 11) is 0. The number of rotatable bonds is 3. The molecule has 3 fully saturated rings. The minimum Gasteiger partial charge on any atom is -0.462 e. The van der Waals surface area contributed by atoms with Crippen molar-refractivity contribution >= 4 is 12.0 Å². The zero-order valence-corrected chi connectivity index (χ0v) is 17.9. The van der Waals surface area contributed by atoms with Crippen molar-refractivity contribution in [2.75, 3.05) is 0 Å². The van der Waals surface area contributed by atoms with Gasteiger partial charge in [-0.1, -0.05) is 43.5 Å². The molecule has 158 valence electrons. The highest BCUT2D eigenvalue weighted by molar-refractivity contribution is 5.75. The fourth-order valence-corrected chi connectivity index (χ4v) is 6.24. The summed E-state index contributed by atoms with van der Waals surface area (Å²) < 4.78 is 5.67. The van der Waals surface area contributed by atoms with Gasteiger partial charge in [0.1, 0.15) is 6.10 Å². The van der Waals surface area contributed by atoms with E-state index in [4.69, 9.17) is 10.00 Å². The van der Waals surface area contributed by atoms with E-state index in [1.54, 1.807) is 0 Å². The number of pyridine rings is 1. The van der Waals surface area contributed by atoms with Crippen LogP contribution < -0.4 is 0 Å². The molecule has 0 unspecified atom stereocenters. The van der Waals surface area contributed by atoms with E-state index in [0.29, 0.717) is 23.3 Å². The highest BCUT2D eigenvalue weighted by atomic mass is 16.6. The number of carbonyl (C=O) groups excluding carboxylic acids is 1. The summed E-state index contributed by atoms with van der Waals surface area (Å²) in [5.74, 6) is 2.03. The van der Waals surface area contributed by atoms with Gasteiger partial charge in [0.05, 0.1) is 23.2 Å². The summed E-state index contributed by atoms with van der Waals surface area (Å²) in [6, 6.07) is 13.9. The number of hydrogen-bond acceptors (Lipinski definition) is 4. The Kier molecular flexibility index (Phi) is 5.36. The molecule has 0 N–H and O–H groups in total. The van der Waals surface area contributed by atoms with E-state index < -0.39 is 0 Å². The first-order valence-electron chi connectivity index (χ1n) is 11.5. The molecule has 5 rings (SSSR count). The topological polar surface area (TPSA) is 63.0 Å². The first-order chi connectivity index (χ1) is 15.1. The molecular formula is C27H28N2O2. The molecule has 0 radical (unpaired) electrons. The number of esters is 1. The van der Waals surface area contributed by atoms with Crippen molar-refractivity contribution in [2.24, 2.45) is 29.6 Å². The van der Waals surface area contributed by atoms with Crippen LogP contribution in [0.15, 0.2) is 48.7 Å². The molecule has 4 heteroatoms. The molecule has 2 saturated carbocycles. The minimum absolute atomic E-state index is 0.00206. The molecule has 1 saturated heterocycles. The molecular weight excluding hydrogens is 384 g/mol. The normalized spacial score (nSPS) is 32.2. The van der Waals surface area contributed by atoms with Crippen LogP contribution in [0.5, 0.6) is 0 Å². The molecule has 0 amide bonds. The Hall–Kier alpha value is -2.93. The fraction of sp³-hybridized carbons (Fsp3) is 0.444. The lowest BCUT2D eigenvalue weighted by atomic mass is 9.57. The number of ether oxygens (including phenoxy) is 1. The van der Waals surface area contributed by atoms with E-state index in [-0.39, 0.29) is 23.9 Å². The maximum absolute atomic E-state index is 12.5. The van der Waals surface area contributed by atoms with Gasteiger partial charge >= 0.3 is 5.97 Å². The summed E-state index contributed by atoms with van der Waals surface area (Å²) in [6.45, 7) is 2.06. The lowest BCUT2D eigenvalue weighted by Crippen LogP contribution is -2.42. The Labute approximate surface area is 184 Å². The third-order valence-electron chi connectivity index (χ3n) is 7.68. The molecule has 1 aliphatic heterocycles. The van der Waals surface area contributed by atoms with Crippen molar-refractivity contribution in [1.29, 1.82) is 5.26 Å². The molecule has 1 aromatic carbocycles. The number of cyclic esters (lactones) is 1. The zero-order chi connectivity index (χ0) is 21.4. The maximum Gasteiger partial charge on any atom is 0.309 e. The molecule has 31 heavy (non-hydrogen) atoms. The number of allylic oxidation sites excluding steroid dienone is 1. The Morgan fingerprint density at radius 1 is 1.16 bits per heavy atom. The molecule has 6 atom stereocenters. The third-order valence-corrected chi connectivity index (χ3v) is 7.68. The summed E-state index contributed by atoms with van der Waals surface area (Å²) in [6.07, 6.45) is 12.4. The Morgan fingerprint density at radius 3 is 2.84 bits per heavy atom. The standard InChI is InChI=1S/C27H28N2O2/c1-17-26-24(23-8-3-2-6-20(23)14-25(26)27(30)31-17)12-11-22-10-9-21(16-29-22)19-7-4-5-18(13-19)15-28/h4-5,7,9-13,16-17,20,23-26H,2-3,6,8,14H2,1H3/b12-11+/t17-,20+,23-,24+,25-,26+/m1/s1. The Balaban J connectivity index is 1.39. The van der Waals surface area contributed by atoms with E-state index >= 15 is 0 Å². The number of nitrogens with zero attached hydrogens (tertiary/aromatic N) is 2. The van der Waals surface area contributed by atoms with Gasteiger partial charge in [0, 0.05) is 17.7 Å². The highest BCUT2D eigenvalue weighted by Gasteiger charge is 2.53. The SMILES string of the molecule is C[C@H]1OC(=O)[C@@H]2C[C@@H]3CCCC[C@H]3[C@H](/C=C/c3ccc(-c4cccc(C#N)c4)cn3)[C@H]12. The molecule has 1 aromatic heterocycles. The summed E-state index contributed by atoms with van der Waals surface area (Å²) in [5.41, 5.74) is 3.57. The predicted molar refractivity (Wildman–Crippen MR) is 120 cm³/mol. The van der Waals surface area contributed by atoms with Crippen molar-refractivity contribution in [3.8, 4) is 17.2 Å². The van der Waals surface area contributed by atoms with Crippen molar-refractivity contribution in [2.45, 2.75) is 45.1 Å². The smallest absolute Gasteiger partial charge is 0.309 e. The largest absolute Gasteiger partial charge is 0.462 e. The van der Waals surface area contributed by atoms with E-state index in [0.717, 1.165) is 23.2 Å². The van der Waals surface area contributed by atoms with Crippen LogP contribution in [0, 0.1) is 40.9 Å². The maximum atomic E-state index is 12.5. The number of aromatic nitrogens is 1. The van der Waals surface area contributed by atoms with Crippen molar-refractivity contribution in [3.63, 3.8) is 0 Å². The van der Waals surface area contributed by atoms with E-state index in [1.165, 1.54) is 25.7 Å². The summed E-state index contributed by atoms with van der Waals surface area (Å²) in [5, 5.41) is 9.12. The van der Waals surface area contributed by atoms with Crippen LogP contribution in [-0.4, -0.2) is 17.1 Å². The van der Waals surface area contributed by atoms with Crippen LogP contribution in [0.25, 0.3) is 17.2 Å². The number of nitriles is 1. The third kappa shape index (κ3) is 3.78. The van der Waals surface area contributed by atoms with Gasteiger partial charge in [0.25, 0.3) is 0 Å². The molecule has 4 nitrogen and oxygen atoms in total. The van der Waals surface area contributed by atoms with E-state index in [1.807, 2.05) is 36.5 Å². The summed E-state index contributed by atoms with van der Waals surface area (Å²) in [4.78, 5) is 17.1. The first-order valence-corrected chi connectivity index (χ1v) is 11.5. The van der Waals surface area contributed by atoms with Gasteiger partial charge < -0.3 is 4.74 Å². The Morgan fingerprint density at radius 2 is 2.03 bits per heavy atom. The van der Waals surface area contributed by atoms with Crippen LogP contribution >= 0.6 is 0 Å². The lowest BCUT2D eigenvalue weighted by molar-refractivity contribution is -0.144. The number of fused-ring (bicyclic) bond motifs is 2. The van der Waals surface area contributed by atoms with Crippen LogP contribution in [0.1, 0.15) is 50.3 Å². The molecule has 0 spiro atoms. The second kappa shape index (κ2) is 8.30. The molecule has 2 aliphatic carbocycles. The Bertz CT molecular complexity index is 1040. The van der Waals surface area contributed by atoms with Crippen LogP contribution in [0.2, 0.25) is 0 Å². The first kappa shape index (κ1) is 20.0. The monoisotopic (exact) mass is 412 g/mol. The lowest BCUT2D eigenvalue weighted by Gasteiger charge is -2.45. The number of benzene rings is 1. The number of hydrogen-bond donors (Lipinski definition) is 0. The predicted octanol–water partition coefficient (Wildman–Crippen LogP) is 5.64. The van der Waals surface area contributed by atoms with E-state index in [2.05, 4.69) is 36.2 Å². The number of carbonyl (C=O) groups is 1. The molecule has 0 bridgehead atoms. The minimum atomic E-state index is -0.00206. The second-order valence-corrected chi connectivity index (χ2v) is 9.37. The quantitative estimate of drug-likeness (QED) is 0.612. The second-order valence-electron chi connectivity index (χ2n) is 9.37. The van der Waals surface area contributed by atoms with Crippen LogP contribution in [-0.2, 0) is 9.53 Å². The van der Waals surface area contributed by atoms with Crippen molar-refractivity contribution in [3.05, 3.63) is 59.9 Å². The van der Waals surface area contributed by atoms with Crippen LogP contribution in [0.3, 0.4) is 0 Å². The van der Waals surface area contributed by atoms with Gasteiger partial charge in [-0.2, -0.15) is 5.26 Å². The van der Waals surface area contributed by atoms with Gasteiger partial charge in [0.2, 0.25) is 0 Å². The fourth-order valence-electron chi connectivity index (χ4n) is 6.24. The van der Waals surface area contributed by atoms with Gasteiger partial charge in [-0.15, -0.1) is 0 Å². The van der Waals surface area contributed by atoms with E-state index in [9.17, 15) is 4.79 Å². The van der Waals surface area contributed by atoms with Gasteiger partial charge in [0.15, 0.2) is 0 Å².